The first-order valence-electron chi connectivity index (χ1n) is 8.26. The number of benzene rings is 1. The van der Waals surface area contributed by atoms with Crippen molar-refractivity contribution in [2.45, 2.75) is 38.8 Å². The van der Waals surface area contributed by atoms with Crippen molar-refractivity contribution in [3.8, 4) is 11.5 Å². The zero-order chi connectivity index (χ0) is 16.9. The van der Waals surface area contributed by atoms with Crippen LogP contribution < -0.4 is 14.8 Å². The first-order valence-corrected chi connectivity index (χ1v) is 8.26. The largest absolute Gasteiger partial charge is 0.486 e. The molecule has 0 aliphatic carbocycles. The van der Waals surface area contributed by atoms with E-state index in [1.807, 2.05) is 44.2 Å². The Morgan fingerprint density at radius 1 is 1.29 bits per heavy atom. The van der Waals surface area contributed by atoms with E-state index in [1.165, 1.54) is 0 Å². The Balaban J connectivity index is 1.58. The molecule has 1 aromatic carbocycles. The van der Waals surface area contributed by atoms with Crippen LogP contribution in [0.4, 0.5) is 0 Å². The van der Waals surface area contributed by atoms with Crippen LogP contribution in [0.3, 0.4) is 0 Å². The second kappa shape index (κ2) is 7.34. The third kappa shape index (κ3) is 4.04. The highest BCUT2D eigenvalue weighted by molar-refractivity contribution is 5.94. The molecule has 3 rings (SSSR count). The van der Waals surface area contributed by atoms with Crippen molar-refractivity contribution in [1.29, 1.82) is 0 Å². The van der Waals surface area contributed by atoms with Gasteiger partial charge in [0.2, 0.25) is 0 Å². The number of aromatic nitrogens is 1. The highest BCUT2D eigenvalue weighted by Crippen LogP contribution is 2.31. The highest BCUT2D eigenvalue weighted by Gasteiger charge is 2.20. The summed E-state index contributed by atoms with van der Waals surface area (Å²) in [7, 11) is 0. The number of fused-ring (bicyclic) bond motifs is 1. The van der Waals surface area contributed by atoms with Crippen molar-refractivity contribution >= 4 is 5.91 Å². The number of amides is 1. The van der Waals surface area contributed by atoms with E-state index < -0.39 is 0 Å². The number of para-hydroxylation sites is 2. The highest BCUT2D eigenvalue weighted by atomic mass is 16.6. The lowest BCUT2D eigenvalue weighted by atomic mass is 10.1. The van der Waals surface area contributed by atoms with E-state index in [9.17, 15) is 4.79 Å². The standard InChI is InChI=1S/C19H22N2O3/c1-13(2)21-19(22)14-9-10-20-15(11-14)7-8-16-12-23-17-5-3-4-6-18(17)24-16/h3-6,9-11,13,16H,7-8,12H2,1-2H3,(H,21,22)/t16-/m0/s1. The number of hydrogen-bond acceptors (Lipinski definition) is 4. The predicted octanol–water partition coefficient (Wildman–Crippen LogP) is 2.99. The molecular formula is C19H22N2O3. The first-order chi connectivity index (χ1) is 11.6. The van der Waals surface area contributed by atoms with Gasteiger partial charge in [0, 0.05) is 23.5 Å². The van der Waals surface area contributed by atoms with Crippen LogP contribution in [-0.2, 0) is 6.42 Å². The molecule has 5 nitrogen and oxygen atoms in total. The number of pyridine rings is 1. The Hall–Kier alpha value is -2.56. The monoisotopic (exact) mass is 326 g/mol. The van der Waals surface area contributed by atoms with Crippen LogP contribution in [0.5, 0.6) is 11.5 Å². The maximum Gasteiger partial charge on any atom is 0.251 e. The Bertz CT molecular complexity index is 715. The second-order valence-corrected chi connectivity index (χ2v) is 6.20. The normalized spacial score (nSPS) is 16.0. The summed E-state index contributed by atoms with van der Waals surface area (Å²) < 4.78 is 11.7. The van der Waals surface area contributed by atoms with Crippen molar-refractivity contribution < 1.29 is 14.3 Å². The first kappa shape index (κ1) is 16.3. The molecule has 126 valence electrons. The fourth-order valence-electron chi connectivity index (χ4n) is 2.62. The van der Waals surface area contributed by atoms with Crippen molar-refractivity contribution in [2.75, 3.05) is 6.61 Å². The zero-order valence-electron chi connectivity index (χ0n) is 14.0. The summed E-state index contributed by atoms with van der Waals surface area (Å²) in [6.45, 7) is 4.42. The molecule has 1 aliphatic heterocycles. The van der Waals surface area contributed by atoms with Gasteiger partial charge in [0.1, 0.15) is 12.7 Å². The van der Waals surface area contributed by atoms with Gasteiger partial charge in [-0.05, 0) is 51.0 Å². The molecule has 0 fully saturated rings. The third-order valence-electron chi connectivity index (χ3n) is 3.79. The summed E-state index contributed by atoms with van der Waals surface area (Å²) in [5, 5.41) is 2.89. The van der Waals surface area contributed by atoms with Crippen LogP contribution in [0.25, 0.3) is 0 Å². The molecular weight excluding hydrogens is 304 g/mol. The van der Waals surface area contributed by atoms with E-state index in [0.717, 1.165) is 30.0 Å². The number of nitrogens with zero attached hydrogens (tertiary/aromatic N) is 1. The molecule has 5 heteroatoms. The van der Waals surface area contributed by atoms with Crippen LogP contribution in [-0.4, -0.2) is 29.6 Å². The van der Waals surface area contributed by atoms with Gasteiger partial charge in [0.15, 0.2) is 11.5 Å². The number of aryl methyl sites for hydroxylation is 1. The van der Waals surface area contributed by atoms with Gasteiger partial charge in [-0.2, -0.15) is 0 Å². The van der Waals surface area contributed by atoms with Gasteiger partial charge in [-0.25, -0.2) is 0 Å². The number of ether oxygens (including phenoxy) is 2. The predicted molar refractivity (Wildman–Crippen MR) is 91.5 cm³/mol. The number of hydrogen-bond donors (Lipinski definition) is 1. The second-order valence-electron chi connectivity index (χ2n) is 6.20. The number of nitrogens with one attached hydrogen (secondary N) is 1. The average molecular weight is 326 g/mol. The Labute approximate surface area is 142 Å². The van der Waals surface area contributed by atoms with Gasteiger partial charge in [-0.1, -0.05) is 12.1 Å². The third-order valence-corrected chi connectivity index (χ3v) is 3.79. The molecule has 1 aromatic heterocycles. The van der Waals surface area contributed by atoms with E-state index >= 15 is 0 Å². The molecule has 2 heterocycles. The lowest BCUT2D eigenvalue weighted by molar-refractivity contribution is 0.0849. The molecule has 1 atom stereocenters. The maximum absolute atomic E-state index is 12.1. The smallest absolute Gasteiger partial charge is 0.251 e. The fourth-order valence-corrected chi connectivity index (χ4v) is 2.62. The van der Waals surface area contributed by atoms with Gasteiger partial charge in [-0.15, -0.1) is 0 Å². The SMILES string of the molecule is CC(C)NC(=O)c1ccnc(CC[C@H]2COc3ccccc3O2)c1. The molecule has 0 saturated heterocycles. The molecule has 0 saturated carbocycles. The summed E-state index contributed by atoms with van der Waals surface area (Å²) in [6.07, 6.45) is 3.20. The van der Waals surface area contributed by atoms with Gasteiger partial charge >= 0.3 is 0 Å². The van der Waals surface area contributed by atoms with E-state index in [1.54, 1.807) is 12.3 Å². The topological polar surface area (TPSA) is 60.5 Å². The van der Waals surface area contributed by atoms with E-state index in [4.69, 9.17) is 9.47 Å². The van der Waals surface area contributed by atoms with Gasteiger partial charge in [0.25, 0.3) is 5.91 Å². The summed E-state index contributed by atoms with van der Waals surface area (Å²) in [5.41, 5.74) is 1.52. The fraction of sp³-hybridized carbons (Fsp3) is 0.368. The summed E-state index contributed by atoms with van der Waals surface area (Å²) >= 11 is 0. The lowest BCUT2D eigenvalue weighted by Gasteiger charge is -2.26. The van der Waals surface area contributed by atoms with Crippen molar-refractivity contribution in [2.24, 2.45) is 0 Å². The minimum atomic E-state index is -0.0696. The number of rotatable bonds is 5. The van der Waals surface area contributed by atoms with E-state index in [0.29, 0.717) is 12.2 Å². The summed E-state index contributed by atoms with van der Waals surface area (Å²) in [5.74, 6) is 1.51. The Morgan fingerprint density at radius 2 is 2.08 bits per heavy atom. The Morgan fingerprint density at radius 3 is 2.88 bits per heavy atom. The van der Waals surface area contributed by atoms with Crippen molar-refractivity contribution in [3.05, 3.63) is 53.9 Å². The van der Waals surface area contributed by atoms with E-state index in [2.05, 4.69) is 10.3 Å². The molecule has 2 aromatic rings. The molecule has 1 aliphatic rings. The molecule has 1 amide bonds. The Kier molecular flexibility index (Phi) is 4.99. The summed E-state index contributed by atoms with van der Waals surface area (Å²) in [6, 6.07) is 11.4. The minimum Gasteiger partial charge on any atom is -0.486 e. The zero-order valence-corrected chi connectivity index (χ0v) is 14.0. The number of carbonyl (C=O) groups is 1. The average Bonchev–Trinajstić information content (AvgIpc) is 2.59. The van der Waals surface area contributed by atoms with Crippen LogP contribution in [0.2, 0.25) is 0 Å². The van der Waals surface area contributed by atoms with Gasteiger partial charge in [-0.3, -0.25) is 9.78 Å². The van der Waals surface area contributed by atoms with Gasteiger partial charge < -0.3 is 14.8 Å². The van der Waals surface area contributed by atoms with Crippen LogP contribution in [0.1, 0.15) is 36.3 Å². The van der Waals surface area contributed by atoms with Crippen LogP contribution in [0.15, 0.2) is 42.6 Å². The lowest BCUT2D eigenvalue weighted by Crippen LogP contribution is -2.30. The van der Waals surface area contributed by atoms with E-state index in [-0.39, 0.29) is 18.1 Å². The maximum atomic E-state index is 12.1. The molecule has 0 unspecified atom stereocenters. The molecule has 0 radical (unpaired) electrons. The minimum absolute atomic E-state index is 0.00477. The molecule has 1 N–H and O–H groups in total. The quantitative estimate of drug-likeness (QED) is 0.917. The molecule has 0 spiro atoms. The molecule has 24 heavy (non-hydrogen) atoms. The molecule has 0 bridgehead atoms. The number of carbonyl (C=O) groups excluding carboxylic acids is 1. The van der Waals surface area contributed by atoms with Gasteiger partial charge in [0.05, 0.1) is 0 Å². The van der Waals surface area contributed by atoms with Crippen LogP contribution in [0, 0.1) is 0 Å². The van der Waals surface area contributed by atoms with Crippen molar-refractivity contribution in [1.82, 2.24) is 10.3 Å². The summed E-state index contributed by atoms with van der Waals surface area (Å²) in [4.78, 5) is 16.4. The van der Waals surface area contributed by atoms with Crippen LogP contribution >= 0.6 is 0 Å². The van der Waals surface area contributed by atoms with Crippen molar-refractivity contribution in [3.63, 3.8) is 0 Å².